The van der Waals surface area contributed by atoms with Gasteiger partial charge >= 0.3 is 6.18 Å². The van der Waals surface area contributed by atoms with E-state index in [0.29, 0.717) is 25.4 Å². The predicted molar refractivity (Wildman–Crippen MR) is 123 cm³/mol. The molecule has 11 heteroatoms. The molecule has 1 saturated heterocycles. The molecule has 1 aromatic carbocycles. The molecule has 1 aliphatic rings. The van der Waals surface area contributed by atoms with Crippen molar-refractivity contribution in [1.82, 2.24) is 10.6 Å². The molecule has 0 radical (unpaired) electrons. The highest BCUT2D eigenvalue weighted by Gasteiger charge is 2.66. The molecular formula is C22H25F3N2O4S2. The van der Waals surface area contributed by atoms with E-state index in [1.165, 1.54) is 12.1 Å². The van der Waals surface area contributed by atoms with Crippen LogP contribution in [0.1, 0.15) is 48.0 Å². The van der Waals surface area contributed by atoms with Gasteiger partial charge in [0.1, 0.15) is 17.4 Å². The van der Waals surface area contributed by atoms with E-state index in [2.05, 4.69) is 5.32 Å². The van der Waals surface area contributed by atoms with Crippen molar-refractivity contribution in [3.63, 3.8) is 0 Å². The lowest BCUT2D eigenvalue weighted by molar-refractivity contribution is -0.285. The van der Waals surface area contributed by atoms with Crippen LogP contribution < -0.4 is 20.1 Å². The van der Waals surface area contributed by atoms with Crippen molar-refractivity contribution in [2.24, 2.45) is 5.92 Å². The normalized spacial score (nSPS) is 22.9. The van der Waals surface area contributed by atoms with Gasteiger partial charge in [-0.3, -0.25) is 4.79 Å². The predicted octanol–water partition coefficient (Wildman–Crippen LogP) is 4.59. The van der Waals surface area contributed by atoms with Gasteiger partial charge in [-0.25, -0.2) is 0 Å². The number of benzene rings is 1. The van der Waals surface area contributed by atoms with Crippen LogP contribution in [0.3, 0.4) is 0 Å². The van der Waals surface area contributed by atoms with Crippen LogP contribution in [0, 0.1) is 5.92 Å². The maximum Gasteiger partial charge on any atom is 0.437 e. The maximum atomic E-state index is 14.1. The summed E-state index contributed by atoms with van der Waals surface area (Å²) in [4.78, 5) is 13.4. The number of nitrogens with one attached hydrogen (secondary N) is 2. The van der Waals surface area contributed by atoms with Crippen LogP contribution in [0.5, 0.6) is 11.5 Å². The number of hydrogen-bond acceptors (Lipinski definition) is 6. The molecule has 1 aromatic heterocycles. The van der Waals surface area contributed by atoms with Crippen LogP contribution in [0.15, 0.2) is 35.7 Å². The quantitative estimate of drug-likeness (QED) is 0.342. The van der Waals surface area contributed by atoms with Crippen LogP contribution in [0.25, 0.3) is 0 Å². The number of ether oxygens (including phenoxy) is 2. The summed E-state index contributed by atoms with van der Waals surface area (Å²) >= 11 is 5.99. The van der Waals surface area contributed by atoms with Crippen molar-refractivity contribution < 1.29 is 32.5 Å². The Hall–Kier alpha value is -2.37. The van der Waals surface area contributed by atoms with Crippen molar-refractivity contribution in [1.29, 1.82) is 0 Å². The van der Waals surface area contributed by atoms with Gasteiger partial charge in [0.05, 0.1) is 24.1 Å². The van der Waals surface area contributed by atoms with Gasteiger partial charge in [-0.2, -0.15) is 13.2 Å². The lowest BCUT2D eigenvalue weighted by Gasteiger charge is -2.46. The summed E-state index contributed by atoms with van der Waals surface area (Å²) in [6, 6.07) is 6.37. The number of halogens is 3. The molecule has 6 nitrogen and oxygen atoms in total. The summed E-state index contributed by atoms with van der Waals surface area (Å²) in [6.07, 6.45) is -3.77. The molecule has 0 unspecified atom stereocenters. The Morgan fingerprint density at radius 1 is 1.21 bits per heavy atom. The lowest BCUT2D eigenvalue weighted by Crippen LogP contribution is -2.72. The highest BCUT2D eigenvalue weighted by Crippen LogP contribution is 2.46. The van der Waals surface area contributed by atoms with Crippen molar-refractivity contribution in [2.75, 3.05) is 13.2 Å². The van der Waals surface area contributed by atoms with Crippen molar-refractivity contribution in [3.05, 3.63) is 46.2 Å². The number of thiocarbonyl (C=S) groups is 1. The fourth-order valence-corrected chi connectivity index (χ4v) is 4.58. The molecule has 0 spiro atoms. The number of Topliss-reactive ketones (excluding diaryl/α,β-unsaturated/α-hetero) is 1. The third-order valence-corrected chi connectivity index (χ3v) is 6.21. The van der Waals surface area contributed by atoms with Gasteiger partial charge in [0.15, 0.2) is 10.9 Å². The molecule has 3 rings (SSSR count). The Morgan fingerprint density at radius 3 is 2.52 bits per heavy atom. The number of thiophene rings is 1. The Kier molecular flexibility index (Phi) is 7.86. The van der Waals surface area contributed by atoms with Gasteiger partial charge in [-0.1, -0.05) is 19.9 Å². The van der Waals surface area contributed by atoms with Crippen molar-refractivity contribution in [2.45, 2.75) is 44.6 Å². The molecule has 2 aromatic rings. The van der Waals surface area contributed by atoms with Gasteiger partial charge in [0.2, 0.25) is 5.72 Å². The number of carbonyl (C=O) groups excluding carboxylic acids is 1. The number of carbonyl (C=O) groups is 1. The zero-order valence-corrected chi connectivity index (χ0v) is 19.7. The summed E-state index contributed by atoms with van der Waals surface area (Å²) in [5.74, 6) is -2.11. The summed E-state index contributed by atoms with van der Waals surface area (Å²) in [5.41, 5.74) is -3.32. The molecule has 3 atom stereocenters. The van der Waals surface area contributed by atoms with Crippen molar-refractivity contribution >= 4 is 34.5 Å². The first-order chi connectivity index (χ1) is 15.6. The van der Waals surface area contributed by atoms with E-state index >= 15 is 0 Å². The van der Waals surface area contributed by atoms with Crippen molar-refractivity contribution in [3.8, 4) is 11.5 Å². The molecule has 0 bridgehead atoms. The maximum absolute atomic E-state index is 14.1. The summed E-state index contributed by atoms with van der Waals surface area (Å²) < 4.78 is 53.9. The smallest absolute Gasteiger partial charge is 0.437 e. The topological polar surface area (TPSA) is 79.8 Å². The van der Waals surface area contributed by atoms with Crippen LogP contribution in [0.2, 0.25) is 0 Å². The van der Waals surface area contributed by atoms with E-state index in [1.54, 1.807) is 23.6 Å². The third kappa shape index (κ3) is 5.25. The highest BCUT2D eigenvalue weighted by molar-refractivity contribution is 7.80. The minimum atomic E-state index is -5.19. The first-order valence-corrected chi connectivity index (χ1v) is 11.8. The Balaban J connectivity index is 2.14. The first-order valence-electron chi connectivity index (χ1n) is 10.5. The molecule has 3 N–H and O–H groups in total. The van der Waals surface area contributed by atoms with Crippen LogP contribution in [0.4, 0.5) is 13.2 Å². The Morgan fingerprint density at radius 2 is 1.91 bits per heavy atom. The second-order valence-corrected chi connectivity index (χ2v) is 8.91. The Labute approximate surface area is 199 Å². The summed E-state index contributed by atoms with van der Waals surface area (Å²) in [7, 11) is 0. The second-order valence-electron chi connectivity index (χ2n) is 7.56. The van der Waals surface area contributed by atoms with Gasteiger partial charge in [-0.05, 0) is 48.6 Å². The molecule has 1 fully saturated rings. The third-order valence-electron chi connectivity index (χ3n) is 5.11. The molecule has 2 heterocycles. The summed E-state index contributed by atoms with van der Waals surface area (Å²) in [6.45, 7) is 4.59. The van der Waals surface area contributed by atoms with E-state index in [1.807, 2.05) is 19.2 Å². The van der Waals surface area contributed by atoms with Gasteiger partial charge in [0.25, 0.3) is 0 Å². The number of rotatable bonds is 9. The SMILES string of the molecule is CCCOc1ccc([C@H]2NC(=S)N[C@](O)(C(F)(F)F)[C@H]2C(=O)c2cccs2)c(OCCC)c1. The first kappa shape index (κ1) is 25.3. The van der Waals surface area contributed by atoms with Crippen LogP contribution in [-0.4, -0.2) is 41.1 Å². The van der Waals surface area contributed by atoms with E-state index in [-0.39, 0.29) is 16.2 Å². The monoisotopic (exact) mass is 502 g/mol. The van der Waals surface area contributed by atoms with Gasteiger partial charge in [0, 0.05) is 11.6 Å². The standard InChI is InChI=1S/C22H25F3N2O4S2/c1-3-9-30-13-7-8-14(15(12-13)31-10-4-2)18-17(19(28)16-6-5-11-33-16)21(29,22(23,24)25)27-20(32)26-18/h5-8,11-12,17-18,29H,3-4,9-10H2,1-2H3,(H2,26,27,32)/t17-,18-,21-/m1/s1. The Bertz CT molecular complexity index is 985. The molecule has 180 valence electrons. The van der Waals surface area contributed by atoms with E-state index < -0.39 is 34.8 Å². The molecular weight excluding hydrogens is 477 g/mol. The number of ketones is 1. The molecule has 0 aliphatic carbocycles. The van der Waals surface area contributed by atoms with Gasteiger partial charge < -0.3 is 25.2 Å². The fourth-order valence-electron chi connectivity index (χ4n) is 3.59. The molecule has 1 aliphatic heterocycles. The average Bonchev–Trinajstić information content (AvgIpc) is 3.29. The largest absolute Gasteiger partial charge is 0.493 e. The minimum Gasteiger partial charge on any atom is -0.493 e. The molecule has 0 amide bonds. The zero-order chi connectivity index (χ0) is 24.2. The van der Waals surface area contributed by atoms with Gasteiger partial charge in [-0.15, -0.1) is 11.3 Å². The number of hydrogen-bond donors (Lipinski definition) is 3. The molecule has 33 heavy (non-hydrogen) atoms. The number of aliphatic hydroxyl groups is 1. The minimum absolute atomic E-state index is 0.0861. The fraction of sp³-hybridized carbons (Fsp3) is 0.455. The lowest BCUT2D eigenvalue weighted by atomic mass is 9.78. The molecule has 0 saturated carbocycles. The summed E-state index contributed by atoms with van der Waals surface area (Å²) in [5, 5.41) is 16.6. The van der Waals surface area contributed by atoms with Crippen LogP contribution >= 0.6 is 23.6 Å². The average molecular weight is 503 g/mol. The van der Waals surface area contributed by atoms with Crippen LogP contribution in [-0.2, 0) is 0 Å². The zero-order valence-electron chi connectivity index (χ0n) is 18.1. The highest BCUT2D eigenvalue weighted by atomic mass is 32.1. The van der Waals surface area contributed by atoms with E-state index in [0.717, 1.165) is 17.8 Å². The van der Waals surface area contributed by atoms with E-state index in [4.69, 9.17) is 21.7 Å². The number of alkyl halides is 3. The second kappa shape index (κ2) is 10.3. The van der Waals surface area contributed by atoms with E-state index in [9.17, 15) is 23.1 Å².